The van der Waals surface area contributed by atoms with E-state index in [1.54, 1.807) is 18.2 Å². The second kappa shape index (κ2) is 8.19. The first-order valence-corrected chi connectivity index (χ1v) is 9.41. The molecule has 0 saturated heterocycles. The summed E-state index contributed by atoms with van der Waals surface area (Å²) in [5.74, 6) is 0.426. The van der Waals surface area contributed by atoms with Gasteiger partial charge >= 0.3 is 0 Å². The predicted octanol–water partition coefficient (Wildman–Crippen LogP) is 4.96. The number of carbonyl (C=O) groups excluding carboxylic acids is 2. The SMILES string of the molecule is COc1cc(NC(=O)c2sc(NC(=O)C(C)(C)C)cc2C)c(OC)cc1Cl. The zero-order chi connectivity index (χ0) is 20.4. The van der Waals surface area contributed by atoms with Crippen LogP contribution in [0.5, 0.6) is 11.5 Å². The van der Waals surface area contributed by atoms with E-state index in [-0.39, 0.29) is 11.8 Å². The van der Waals surface area contributed by atoms with Crippen LogP contribution in [0.1, 0.15) is 36.0 Å². The van der Waals surface area contributed by atoms with Gasteiger partial charge < -0.3 is 20.1 Å². The molecule has 0 aliphatic carbocycles. The molecule has 27 heavy (non-hydrogen) atoms. The normalized spacial score (nSPS) is 11.1. The Balaban J connectivity index is 2.26. The van der Waals surface area contributed by atoms with Crippen LogP contribution in [-0.2, 0) is 4.79 Å². The lowest BCUT2D eigenvalue weighted by Crippen LogP contribution is -2.27. The maximum atomic E-state index is 12.7. The molecule has 1 aromatic carbocycles. The molecule has 0 spiro atoms. The summed E-state index contributed by atoms with van der Waals surface area (Å²) in [5.41, 5.74) is 0.687. The van der Waals surface area contributed by atoms with Crippen LogP contribution >= 0.6 is 22.9 Å². The van der Waals surface area contributed by atoms with Crippen LogP contribution in [-0.4, -0.2) is 26.0 Å². The molecule has 0 bridgehead atoms. The lowest BCUT2D eigenvalue weighted by molar-refractivity contribution is -0.123. The smallest absolute Gasteiger partial charge is 0.266 e. The summed E-state index contributed by atoms with van der Waals surface area (Å²) in [5, 5.41) is 6.66. The molecule has 2 rings (SSSR count). The number of methoxy groups -OCH3 is 2. The topological polar surface area (TPSA) is 76.7 Å². The Labute approximate surface area is 167 Å². The average molecular weight is 411 g/mol. The molecular formula is C19H23ClN2O4S. The molecule has 1 heterocycles. The van der Waals surface area contributed by atoms with Crippen molar-refractivity contribution in [2.75, 3.05) is 24.9 Å². The number of nitrogens with one attached hydrogen (secondary N) is 2. The van der Waals surface area contributed by atoms with E-state index in [0.29, 0.717) is 32.1 Å². The number of amides is 2. The Bertz CT molecular complexity index is 871. The van der Waals surface area contributed by atoms with Crippen LogP contribution < -0.4 is 20.1 Å². The lowest BCUT2D eigenvalue weighted by Gasteiger charge is -2.16. The molecule has 2 amide bonds. The number of hydrogen-bond acceptors (Lipinski definition) is 5. The van der Waals surface area contributed by atoms with Gasteiger partial charge in [-0.05, 0) is 18.6 Å². The van der Waals surface area contributed by atoms with Gasteiger partial charge in [-0.25, -0.2) is 0 Å². The van der Waals surface area contributed by atoms with Crippen molar-refractivity contribution < 1.29 is 19.1 Å². The first kappa shape index (κ1) is 21.1. The number of anilines is 2. The highest BCUT2D eigenvalue weighted by Crippen LogP contribution is 2.37. The predicted molar refractivity (Wildman–Crippen MR) is 110 cm³/mol. The van der Waals surface area contributed by atoms with Gasteiger partial charge in [0.05, 0.1) is 34.8 Å². The van der Waals surface area contributed by atoms with Crippen molar-refractivity contribution >= 4 is 45.4 Å². The molecule has 0 aliphatic rings. The van der Waals surface area contributed by atoms with Crippen molar-refractivity contribution in [3.63, 3.8) is 0 Å². The fourth-order valence-electron chi connectivity index (χ4n) is 2.21. The van der Waals surface area contributed by atoms with Crippen LogP contribution in [0.3, 0.4) is 0 Å². The van der Waals surface area contributed by atoms with Crippen LogP contribution in [0.4, 0.5) is 10.7 Å². The third kappa shape index (κ3) is 4.93. The monoisotopic (exact) mass is 410 g/mol. The number of rotatable bonds is 5. The lowest BCUT2D eigenvalue weighted by atomic mass is 9.96. The zero-order valence-electron chi connectivity index (χ0n) is 16.2. The highest BCUT2D eigenvalue weighted by atomic mass is 35.5. The number of benzene rings is 1. The molecule has 0 unspecified atom stereocenters. The Morgan fingerprint density at radius 1 is 1.04 bits per heavy atom. The van der Waals surface area contributed by atoms with Gasteiger partial charge in [0.25, 0.3) is 5.91 Å². The Kier molecular flexibility index (Phi) is 6.38. The number of halogens is 1. The van der Waals surface area contributed by atoms with Crippen LogP contribution in [0.25, 0.3) is 0 Å². The summed E-state index contributed by atoms with van der Waals surface area (Å²) in [6, 6.07) is 4.96. The van der Waals surface area contributed by atoms with E-state index >= 15 is 0 Å². The maximum Gasteiger partial charge on any atom is 0.266 e. The van der Waals surface area contributed by atoms with E-state index in [4.69, 9.17) is 21.1 Å². The fraction of sp³-hybridized carbons (Fsp3) is 0.368. The van der Waals surface area contributed by atoms with Gasteiger partial charge in [0, 0.05) is 17.5 Å². The summed E-state index contributed by atoms with van der Waals surface area (Å²) < 4.78 is 10.5. The van der Waals surface area contributed by atoms with Crippen molar-refractivity contribution in [2.45, 2.75) is 27.7 Å². The minimum absolute atomic E-state index is 0.111. The minimum Gasteiger partial charge on any atom is -0.495 e. The van der Waals surface area contributed by atoms with Crippen LogP contribution in [0.15, 0.2) is 18.2 Å². The van der Waals surface area contributed by atoms with Crippen LogP contribution in [0, 0.1) is 12.3 Å². The standard InChI is InChI=1S/C19H23ClN2O4S/c1-10-7-15(22-18(24)19(2,3)4)27-16(10)17(23)21-12-9-13(25-5)11(20)8-14(12)26-6/h7-9H,1-6H3,(H,21,23)(H,22,24). The third-order valence-electron chi connectivity index (χ3n) is 3.76. The summed E-state index contributed by atoms with van der Waals surface area (Å²) in [6.45, 7) is 7.31. The number of hydrogen-bond donors (Lipinski definition) is 2. The number of ether oxygens (including phenoxy) is 2. The molecule has 1 aromatic heterocycles. The molecule has 0 radical (unpaired) electrons. The Morgan fingerprint density at radius 3 is 2.22 bits per heavy atom. The van der Waals surface area contributed by atoms with Crippen molar-refractivity contribution in [1.29, 1.82) is 0 Å². The average Bonchev–Trinajstić information content (AvgIpc) is 2.95. The second-order valence-electron chi connectivity index (χ2n) is 6.97. The van der Waals surface area contributed by atoms with Gasteiger partial charge in [0.1, 0.15) is 11.5 Å². The molecule has 146 valence electrons. The van der Waals surface area contributed by atoms with Gasteiger partial charge in [-0.2, -0.15) is 0 Å². The van der Waals surface area contributed by atoms with Gasteiger partial charge in [-0.1, -0.05) is 32.4 Å². The van der Waals surface area contributed by atoms with Gasteiger partial charge in [0.15, 0.2) is 0 Å². The molecule has 2 aromatic rings. The largest absolute Gasteiger partial charge is 0.495 e. The molecule has 6 nitrogen and oxygen atoms in total. The van der Waals surface area contributed by atoms with E-state index in [2.05, 4.69) is 10.6 Å². The summed E-state index contributed by atoms with van der Waals surface area (Å²) in [6.07, 6.45) is 0. The van der Waals surface area contributed by atoms with E-state index in [1.165, 1.54) is 25.6 Å². The van der Waals surface area contributed by atoms with Crippen LogP contribution in [0.2, 0.25) is 5.02 Å². The molecule has 2 N–H and O–H groups in total. The summed E-state index contributed by atoms with van der Waals surface area (Å²) in [4.78, 5) is 25.4. The third-order valence-corrected chi connectivity index (χ3v) is 5.21. The highest BCUT2D eigenvalue weighted by molar-refractivity contribution is 7.18. The first-order chi connectivity index (χ1) is 12.6. The number of aryl methyl sites for hydroxylation is 1. The quantitative estimate of drug-likeness (QED) is 0.730. The van der Waals surface area contributed by atoms with Crippen molar-refractivity contribution in [3.8, 4) is 11.5 Å². The molecule has 0 atom stereocenters. The van der Waals surface area contributed by atoms with Crippen molar-refractivity contribution in [2.24, 2.45) is 5.41 Å². The van der Waals surface area contributed by atoms with Crippen molar-refractivity contribution in [3.05, 3.63) is 33.7 Å². The number of carbonyl (C=O) groups is 2. The molecule has 0 fully saturated rings. The van der Waals surface area contributed by atoms with Gasteiger partial charge in [-0.15, -0.1) is 11.3 Å². The highest BCUT2D eigenvalue weighted by Gasteiger charge is 2.23. The summed E-state index contributed by atoms with van der Waals surface area (Å²) in [7, 11) is 2.98. The Hall–Kier alpha value is -2.25. The minimum atomic E-state index is -0.520. The van der Waals surface area contributed by atoms with Gasteiger partial charge in [-0.3, -0.25) is 9.59 Å². The molecular weight excluding hydrogens is 388 g/mol. The summed E-state index contributed by atoms with van der Waals surface area (Å²) >= 11 is 7.31. The van der Waals surface area contributed by atoms with E-state index in [0.717, 1.165) is 5.56 Å². The first-order valence-electron chi connectivity index (χ1n) is 8.21. The van der Waals surface area contributed by atoms with E-state index < -0.39 is 5.41 Å². The molecule has 0 saturated carbocycles. The zero-order valence-corrected chi connectivity index (χ0v) is 17.7. The fourth-order valence-corrected chi connectivity index (χ4v) is 3.40. The van der Waals surface area contributed by atoms with E-state index in [1.807, 2.05) is 27.7 Å². The van der Waals surface area contributed by atoms with E-state index in [9.17, 15) is 9.59 Å². The molecule has 8 heteroatoms. The van der Waals surface area contributed by atoms with Gasteiger partial charge in [0.2, 0.25) is 5.91 Å². The number of thiophene rings is 1. The second-order valence-corrected chi connectivity index (χ2v) is 8.43. The molecule has 0 aliphatic heterocycles. The Morgan fingerprint density at radius 2 is 1.67 bits per heavy atom. The maximum absolute atomic E-state index is 12.7. The van der Waals surface area contributed by atoms with Crippen molar-refractivity contribution in [1.82, 2.24) is 0 Å².